The predicted octanol–water partition coefficient (Wildman–Crippen LogP) is 3.70. The molecule has 0 spiro atoms. The van der Waals surface area contributed by atoms with Gasteiger partial charge in [0.2, 0.25) is 17.7 Å². The van der Waals surface area contributed by atoms with E-state index >= 15 is 4.79 Å². The smallest absolute Gasteiger partial charge is 0.410 e. The molecular formula is C45H56N8O8. The largest absolute Gasteiger partial charge is 0.445 e. The Balaban J connectivity index is 1.16. The van der Waals surface area contributed by atoms with Gasteiger partial charge in [-0.3, -0.25) is 19.2 Å². The van der Waals surface area contributed by atoms with Crippen molar-refractivity contribution in [1.82, 2.24) is 35.4 Å². The van der Waals surface area contributed by atoms with Crippen molar-refractivity contribution in [1.29, 1.82) is 0 Å². The van der Waals surface area contributed by atoms with Crippen LogP contribution in [0.5, 0.6) is 0 Å². The molecule has 1 aromatic heterocycles. The fourth-order valence-corrected chi connectivity index (χ4v) is 9.15. The molecule has 7 rings (SSSR count). The van der Waals surface area contributed by atoms with E-state index < -0.39 is 65.1 Å². The monoisotopic (exact) mass is 836 g/mol. The number of carbonyl (C=O) groups excluding carboxylic acids is 5. The molecular weight excluding hydrogens is 781 g/mol. The van der Waals surface area contributed by atoms with Gasteiger partial charge < -0.3 is 41.1 Å². The van der Waals surface area contributed by atoms with Crippen molar-refractivity contribution in [2.24, 2.45) is 11.7 Å². The summed E-state index contributed by atoms with van der Waals surface area (Å²) in [7, 11) is 0. The van der Waals surface area contributed by atoms with Gasteiger partial charge in [0.15, 0.2) is 6.10 Å². The molecule has 61 heavy (non-hydrogen) atoms. The topological polar surface area (TPSA) is 222 Å². The van der Waals surface area contributed by atoms with Gasteiger partial charge in [-0.2, -0.15) is 0 Å². The second-order valence-electron chi connectivity index (χ2n) is 17.3. The fraction of sp³-hybridized carbons (Fsp3) is 0.489. The molecule has 1 unspecified atom stereocenters. The Morgan fingerprint density at radius 1 is 0.951 bits per heavy atom. The van der Waals surface area contributed by atoms with Crippen LogP contribution in [0.2, 0.25) is 0 Å². The van der Waals surface area contributed by atoms with Crippen molar-refractivity contribution in [3.63, 3.8) is 0 Å². The van der Waals surface area contributed by atoms with E-state index in [-0.39, 0.29) is 51.4 Å². The maximum atomic E-state index is 15.1. The van der Waals surface area contributed by atoms with E-state index in [2.05, 4.69) is 20.9 Å². The van der Waals surface area contributed by atoms with Crippen LogP contribution in [0, 0.1) is 5.92 Å². The summed E-state index contributed by atoms with van der Waals surface area (Å²) in [6, 6.07) is 19.5. The van der Waals surface area contributed by atoms with E-state index in [9.17, 15) is 29.4 Å². The van der Waals surface area contributed by atoms with E-state index in [1.54, 1.807) is 26.0 Å². The highest BCUT2D eigenvalue weighted by Gasteiger charge is 2.50. The van der Waals surface area contributed by atoms with E-state index in [1.807, 2.05) is 60.7 Å². The van der Waals surface area contributed by atoms with Gasteiger partial charge in [-0.25, -0.2) is 9.48 Å². The van der Waals surface area contributed by atoms with Gasteiger partial charge in [-0.15, -0.1) is 5.10 Å². The number of nitrogens with one attached hydrogen (secondary N) is 2. The minimum absolute atomic E-state index is 0.0111. The molecule has 4 aromatic rings. The van der Waals surface area contributed by atoms with Gasteiger partial charge in [0.25, 0.3) is 5.91 Å². The van der Waals surface area contributed by atoms with Crippen LogP contribution < -0.4 is 16.4 Å². The normalized spacial score (nSPS) is 20.5. The first-order valence-corrected chi connectivity index (χ1v) is 21.2. The first-order valence-electron chi connectivity index (χ1n) is 21.2. The van der Waals surface area contributed by atoms with Gasteiger partial charge in [-0.05, 0) is 67.5 Å². The number of likely N-dealkylation sites (tertiary alicyclic amines) is 2. The third-order valence-corrected chi connectivity index (χ3v) is 12.6. The molecule has 2 saturated heterocycles. The lowest BCUT2D eigenvalue weighted by molar-refractivity contribution is -0.144. The first kappa shape index (κ1) is 43.2. The van der Waals surface area contributed by atoms with Crippen molar-refractivity contribution in [2.75, 3.05) is 19.6 Å². The number of aliphatic hydroxyl groups excluding tert-OH is 1. The number of ether oxygens (including phenoxy) is 1. The third-order valence-electron chi connectivity index (χ3n) is 12.6. The summed E-state index contributed by atoms with van der Waals surface area (Å²) in [6.07, 6.45) is 4.30. The molecule has 16 nitrogen and oxygen atoms in total. The van der Waals surface area contributed by atoms with E-state index in [0.29, 0.717) is 17.7 Å². The molecule has 0 bridgehead atoms. The zero-order valence-corrected chi connectivity index (χ0v) is 34.7. The summed E-state index contributed by atoms with van der Waals surface area (Å²) in [5.41, 5.74) is 4.31. The maximum absolute atomic E-state index is 15.1. The number of piperidine rings is 1. The Bertz CT molecular complexity index is 2210. The molecule has 324 valence electrons. The number of aromatic nitrogens is 3. The lowest BCUT2D eigenvalue weighted by Gasteiger charge is -2.44. The molecule has 0 radical (unpaired) electrons. The lowest BCUT2D eigenvalue weighted by atomic mass is 9.81. The summed E-state index contributed by atoms with van der Waals surface area (Å²) < 4.78 is 7.04. The van der Waals surface area contributed by atoms with Crippen LogP contribution in [0.3, 0.4) is 0 Å². The lowest BCUT2D eigenvalue weighted by Crippen LogP contribution is -2.67. The van der Waals surface area contributed by atoms with E-state index in [4.69, 9.17) is 10.5 Å². The van der Waals surface area contributed by atoms with Crippen LogP contribution in [0.25, 0.3) is 10.8 Å². The molecule has 5 amide bonds. The number of carbonyl (C=O) groups is 5. The van der Waals surface area contributed by atoms with Gasteiger partial charge in [0, 0.05) is 31.6 Å². The minimum Gasteiger partial charge on any atom is -0.445 e. The number of aliphatic hydroxyl groups is 2. The predicted molar refractivity (Wildman–Crippen MR) is 224 cm³/mol. The zero-order chi connectivity index (χ0) is 43.3. The molecule has 3 aromatic carbocycles. The number of rotatable bonds is 13. The van der Waals surface area contributed by atoms with Gasteiger partial charge in [-0.1, -0.05) is 98.0 Å². The van der Waals surface area contributed by atoms with Crippen molar-refractivity contribution in [3.8, 4) is 0 Å². The minimum atomic E-state index is -1.82. The Kier molecular flexibility index (Phi) is 13.0. The first-order chi connectivity index (χ1) is 29.2. The van der Waals surface area contributed by atoms with Crippen LogP contribution in [0.1, 0.15) is 99.3 Å². The summed E-state index contributed by atoms with van der Waals surface area (Å²) in [4.78, 5) is 72.4. The number of nitrogens with zero attached hydrogens (tertiary/aromatic N) is 5. The van der Waals surface area contributed by atoms with E-state index in [1.165, 1.54) is 20.7 Å². The number of hydrogen-bond acceptors (Lipinski definition) is 10. The summed E-state index contributed by atoms with van der Waals surface area (Å²) in [6.45, 7) is 3.29. The molecule has 1 aliphatic carbocycles. The van der Waals surface area contributed by atoms with Crippen molar-refractivity contribution < 1.29 is 38.9 Å². The van der Waals surface area contributed by atoms with Crippen LogP contribution >= 0.6 is 0 Å². The number of benzene rings is 3. The summed E-state index contributed by atoms with van der Waals surface area (Å²) in [5, 5.41) is 38.4. The van der Waals surface area contributed by atoms with E-state index in [0.717, 1.165) is 48.4 Å². The summed E-state index contributed by atoms with van der Waals surface area (Å²) >= 11 is 0. The second kappa shape index (κ2) is 18.4. The standard InChI is InChI=1S/C45H56N8O8/c1-44(2,60)37-26-47-50-53(37)34-25-36(41(57)49-45(38(54)39(46)55)19-21-51(22-20-45)43(59)61-28-30-13-7-4-8-14-30)52(27-34)42(58)35(23-29-11-5-3-6-12-29)48-40(56)33-18-17-31-15-9-10-16-32(31)24-33/h4,7-10,13-18,24,26,29,34-36,38,54,60H,3,5-6,11-12,19-23,25,27-28H2,1-2H3,(H2,46,55)(H,48,56)(H,49,57)/t34-,35+,36-,38?/m0/s1. The highest BCUT2D eigenvalue weighted by atomic mass is 16.6. The van der Waals surface area contributed by atoms with Gasteiger partial charge >= 0.3 is 6.09 Å². The second-order valence-corrected chi connectivity index (χ2v) is 17.3. The SMILES string of the molecule is CC(C)(O)c1cnnn1[C@H]1C[C@@H](C(=O)NC2(C(O)C(N)=O)CCN(C(=O)OCc3ccccc3)CC2)N(C(=O)[C@@H](CC2CCCCC2)NC(=O)c2ccc3ccccc3c2)C1. The average molecular weight is 837 g/mol. The van der Waals surface area contributed by atoms with Crippen LogP contribution in [0.4, 0.5) is 4.79 Å². The molecule has 3 heterocycles. The third kappa shape index (κ3) is 9.86. The molecule has 3 aliphatic rings. The number of hydrogen-bond donors (Lipinski definition) is 5. The Hall–Kier alpha value is -5.87. The number of amides is 5. The van der Waals surface area contributed by atoms with Crippen LogP contribution in [-0.2, 0) is 31.3 Å². The molecule has 3 fully saturated rings. The van der Waals surface area contributed by atoms with Crippen molar-refractivity contribution >= 4 is 40.5 Å². The highest BCUT2D eigenvalue weighted by Crippen LogP contribution is 2.35. The Morgan fingerprint density at radius 2 is 1.64 bits per heavy atom. The maximum Gasteiger partial charge on any atom is 0.410 e. The van der Waals surface area contributed by atoms with Crippen LogP contribution in [-0.4, -0.2) is 108 Å². The van der Waals surface area contributed by atoms with Crippen LogP contribution in [0.15, 0.2) is 79.0 Å². The number of primary amides is 1. The quantitative estimate of drug-likeness (QED) is 0.131. The van der Waals surface area contributed by atoms with Crippen molar-refractivity contribution in [2.45, 2.75) is 114 Å². The summed E-state index contributed by atoms with van der Waals surface area (Å²) in [5.74, 6) is -2.43. The molecule has 4 atom stereocenters. The van der Waals surface area contributed by atoms with Gasteiger partial charge in [0.05, 0.1) is 23.5 Å². The zero-order valence-electron chi connectivity index (χ0n) is 34.7. The Morgan fingerprint density at radius 3 is 2.33 bits per heavy atom. The fourth-order valence-electron chi connectivity index (χ4n) is 9.15. The average Bonchev–Trinajstić information content (AvgIpc) is 3.95. The molecule has 6 N–H and O–H groups in total. The molecule has 1 saturated carbocycles. The molecule has 2 aliphatic heterocycles. The number of fused-ring (bicyclic) bond motifs is 1. The highest BCUT2D eigenvalue weighted by molar-refractivity contribution is 6.01. The number of nitrogens with two attached hydrogens (primary N) is 1. The van der Waals surface area contributed by atoms with Crippen molar-refractivity contribution in [3.05, 3.63) is 95.8 Å². The molecule has 16 heteroatoms. The van der Waals surface area contributed by atoms with Gasteiger partial charge in [0.1, 0.15) is 24.3 Å². The Labute approximate surface area is 354 Å².